The van der Waals surface area contributed by atoms with Gasteiger partial charge in [0.1, 0.15) is 0 Å². The molecule has 3 rings (SSSR count). The fraction of sp³-hybridized carbons (Fsp3) is 0.167. The smallest absolute Gasteiger partial charge is 0.237 e. The zero-order chi connectivity index (χ0) is 18.5. The van der Waals surface area contributed by atoms with Crippen LogP contribution in [0, 0.1) is 6.92 Å². The third-order valence-corrected chi connectivity index (χ3v) is 5.67. The number of nitrogens with zero attached hydrogens (tertiary/aromatic N) is 2. The largest absolute Gasteiger partial charge is 0.330 e. The highest BCUT2D eigenvalue weighted by molar-refractivity contribution is 8.02. The van der Waals surface area contributed by atoms with Crippen molar-refractivity contribution in [2.24, 2.45) is 0 Å². The highest BCUT2D eigenvalue weighted by Gasteiger charge is 2.17. The quantitative estimate of drug-likeness (QED) is 0.541. The number of anilines is 3. The molecular formula is C18H17ClN4OS2. The van der Waals surface area contributed by atoms with E-state index in [1.54, 1.807) is 24.3 Å². The van der Waals surface area contributed by atoms with Crippen LogP contribution < -0.4 is 10.6 Å². The Morgan fingerprint density at radius 2 is 1.92 bits per heavy atom. The molecule has 0 fully saturated rings. The number of hydrogen-bond donors (Lipinski definition) is 2. The Labute approximate surface area is 165 Å². The molecule has 0 saturated carbocycles. The summed E-state index contributed by atoms with van der Waals surface area (Å²) in [4.78, 5) is 12.3. The molecule has 1 atom stereocenters. The molecule has 0 radical (unpaired) electrons. The average molecular weight is 405 g/mol. The summed E-state index contributed by atoms with van der Waals surface area (Å²) in [5.41, 5.74) is 2.80. The summed E-state index contributed by atoms with van der Waals surface area (Å²) in [7, 11) is 0. The molecular weight excluding hydrogens is 388 g/mol. The van der Waals surface area contributed by atoms with Crippen LogP contribution in [-0.4, -0.2) is 21.4 Å². The molecule has 2 N–H and O–H groups in total. The van der Waals surface area contributed by atoms with Crippen molar-refractivity contribution >= 4 is 57.1 Å². The van der Waals surface area contributed by atoms with Crippen LogP contribution >= 0.6 is 34.7 Å². The molecule has 1 aromatic heterocycles. The summed E-state index contributed by atoms with van der Waals surface area (Å²) in [5, 5.41) is 15.3. The van der Waals surface area contributed by atoms with Gasteiger partial charge in [0, 0.05) is 16.4 Å². The topological polar surface area (TPSA) is 66.9 Å². The van der Waals surface area contributed by atoms with Crippen LogP contribution in [0.4, 0.5) is 16.5 Å². The molecule has 1 heterocycles. The van der Waals surface area contributed by atoms with Crippen LogP contribution in [0.2, 0.25) is 5.02 Å². The lowest BCUT2D eigenvalue weighted by molar-refractivity contribution is -0.115. The predicted octanol–water partition coefficient (Wildman–Crippen LogP) is 5.36. The number of nitrogens with one attached hydrogen (secondary N) is 2. The Hall–Kier alpha value is -2.09. The number of aromatic nitrogens is 2. The molecule has 3 aromatic rings. The van der Waals surface area contributed by atoms with Crippen LogP contribution in [0.1, 0.15) is 12.5 Å². The lowest BCUT2D eigenvalue weighted by atomic mass is 10.2. The number of thioether (sulfide) groups is 1. The van der Waals surface area contributed by atoms with E-state index in [1.165, 1.54) is 28.7 Å². The second-order valence-electron chi connectivity index (χ2n) is 5.63. The molecule has 1 amide bonds. The second-order valence-corrected chi connectivity index (χ2v) is 8.63. The van der Waals surface area contributed by atoms with E-state index < -0.39 is 0 Å². The van der Waals surface area contributed by atoms with E-state index in [9.17, 15) is 4.79 Å². The molecule has 134 valence electrons. The molecule has 0 aliphatic rings. The summed E-state index contributed by atoms with van der Waals surface area (Å²) < 4.78 is 0.730. The lowest BCUT2D eigenvalue weighted by Crippen LogP contribution is -2.22. The number of aryl methyl sites for hydroxylation is 1. The third kappa shape index (κ3) is 5.20. The number of halogens is 1. The summed E-state index contributed by atoms with van der Waals surface area (Å²) >= 11 is 8.72. The van der Waals surface area contributed by atoms with Crippen molar-refractivity contribution < 1.29 is 4.79 Å². The van der Waals surface area contributed by atoms with Crippen molar-refractivity contribution in [2.75, 3.05) is 10.6 Å². The van der Waals surface area contributed by atoms with E-state index in [1.807, 2.05) is 38.1 Å². The van der Waals surface area contributed by atoms with Gasteiger partial charge in [0.25, 0.3) is 0 Å². The number of amides is 1. The first-order chi connectivity index (χ1) is 12.5. The molecule has 0 aliphatic carbocycles. The Morgan fingerprint density at radius 3 is 2.69 bits per heavy atom. The maximum atomic E-state index is 12.3. The van der Waals surface area contributed by atoms with Crippen LogP contribution in [0.15, 0.2) is 52.9 Å². The summed E-state index contributed by atoms with van der Waals surface area (Å²) in [5.74, 6) is -0.110. The number of rotatable bonds is 6. The van der Waals surface area contributed by atoms with Gasteiger partial charge in [0.2, 0.25) is 11.0 Å². The number of benzene rings is 2. The van der Waals surface area contributed by atoms with Crippen molar-refractivity contribution in [3.63, 3.8) is 0 Å². The van der Waals surface area contributed by atoms with Gasteiger partial charge in [-0.05, 0) is 49.7 Å². The first-order valence-electron chi connectivity index (χ1n) is 7.90. The minimum atomic E-state index is -0.311. The summed E-state index contributed by atoms with van der Waals surface area (Å²) in [6.45, 7) is 3.87. The molecule has 0 aliphatic heterocycles. The standard InChI is InChI=1S/C18H17ClN4OS2/c1-11-5-3-7-14(9-11)21-17-22-23-18(26-17)25-12(2)16(24)20-15-8-4-6-13(19)10-15/h3-10,12H,1-2H3,(H,20,24)(H,21,22). The first-order valence-corrected chi connectivity index (χ1v) is 9.97. The van der Waals surface area contributed by atoms with Gasteiger partial charge in [0.15, 0.2) is 4.34 Å². The highest BCUT2D eigenvalue weighted by atomic mass is 35.5. The van der Waals surface area contributed by atoms with Gasteiger partial charge in [-0.3, -0.25) is 4.79 Å². The van der Waals surface area contributed by atoms with Crippen LogP contribution in [0.5, 0.6) is 0 Å². The fourth-order valence-corrected chi connectivity index (χ4v) is 4.28. The third-order valence-electron chi connectivity index (χ3n) is 3.41. The van der Waals surface area contributed by atoms with E-state index >= 15 is 0 Å². The Kier molecular flexibility index (Phi) is 6.13. The van der Waals surface area contributed by atoms with Crippen LogP contribution in [0.3, 0.4) is 0 Å². The van der Waals surface area contributed by atoms with Gasteiger partial charge >= 0.3 is 0 Å². The van der Waals surface area contributed by atoms with Gasteiger partial charge in [-0.25, -0.2) is 0 Å². The van der Waals surface area contributed by atoms with Crippen molar-refractivity contribution in [3.8, 4) is 0 Å². The molecule has 8 heteroatoms. The van der Waals surface area contributed by atoms with Crippen molar-refractivity contribution in [1.82, 2.24) is 10.2 Å². The van der Waals surface area contributed by atoms with E-state index in [0.29, 0.717) is 15.8 Å². The van der Waals surface area contributed by atoms with E-state index in [-0.39, 0.29) is 11.2 Å². The molecule has 26 heavy (non-hydrogen) atoms. The van der Waals surface area contributed by atoms with Crippen LogP contribution in [-0.2, 0) is 4.79 Å². The van der Waals surface area contributed by atoms with E-state index in [2.05, 4.69) is 20.8 Å². The van der Waals surface area contributed by atoms with E-state index in [0.717, 1.165) is 10.0 Å². The zero-order valence-electron chi connectivity index (χ0n) is 14.2. The SMILES string of the molecule is Cc1cccc(Nc2nnc(SC(C)C(=O)Nc3cccc(Cl)c3)s2)c1. The predicted molar refractivity (Wildman–Crippen MR) is 110 cm³/mol. The Balaban J connectivity index is 1.58. The van der Waals surface area contributed by atoms with Gasteiger partial charge in [-0.1, -0.05) is 52.9 Å². The van der Waals surface area contributed by atoms with Crippen molar-refractivity contribution in [1.29, 1.82) is 0 Å². The van der Waals surface area contributed by atoms with Gasteiger partial charge in [0.05, 0.1) is 5.25 Å². The van der Waals surface area contributed by atoms with Crippen LogP contribution in [0.25, 0.3) is 0 Å². The number of hydrogen-bond acceptors (Lipinski definition) is 6. The van der Waals surface area contributed by atoms with Gasteiger partial charge in [-0.2, -0.15) is 0 Å². The molecule has 0 bridgehead atoms. The average Bonchev–Trinajstić information content (AvgIpc) is 3.01. The normalized spacial score (nSPS) is 11.8. The highest BCUT2D eigenvalue weighted by Crippen LogP contribution is 2.31. The van der Waals surface area contributed by atoms with Gasteiger partial charge in [-0.15, -0.1) is 10.2 Å². The Bertz CT molecular complexity index is 915. The Morgan fingerprint density at radius 1 is 1.15 bits per heavy atom. The molecule has 1 unspecified atom stereocenters. The molecule has 5 nitrogen and oxygen atoms in total. The summed E-state index contributed by atoms with van der Waals surface area (Å²) in [6, 6.07) is 15.1. The fourth-order valence-electron chi connectivity index (χ4n) is 2.17. The van der Waals surface area contributed by atoms with Crippen molar-refractivity contribution in [3.05, 3.63) is 59.1 Å². The maximum absolute atomic E-state index is 12.3. The summed E-state index contributed by atoms with van der Waals surface area (Å²) in [6.07, 6.45) is 0. The monoisotopic (exact) mass is 404 g/mol. The van der Waals surface area contributed by atoms with Crippen molar-refractivity contribution in [2.45, 2.75) is 23.4 Å². The van der Waals surface area contributed by atoms with E-state index in [4.69, 9.17) is 11.6 Å². The molecule has 0 spiro atoms. The molecule has 2 aromatic carbocycles. The zero-order valence-corrected chi connectivity index (χ0v) is 16.6. The second kappa shape index (κ2) is 8.53. The minimum absolute atomic E-state index is 0.110. The lowest BCUT2D eigenvalue weighted by Gasteiger charge is -2.10. The number of carbonyl (C=O) groups is 1. The maximum Gasteiger partial charge on any atom is 0.237 e. The first kappa shape index (κ1) is 18.7. The molecule has 0 saturated heterocycles. The minimum Gasteiger partial charge on any atom is -0.330 e. The van der Waals surface area contributed by atoms with Gasteiger partial charge < -0.3 is 10.6 Å². The number of carbonyl (C=O) groups excluding carboxylic acids is 1.